The van der Waals surface area contributed by atoms with Gasteiger partial charge < -0.3 is 95.1 Å². The highest BCUT2D eigenvalue weighted by Gasteiger charge is 2.23. The van der Waals surface area contributed by atoms with Crippen molar-refractivity contribution in [1.29, 1.82) is 5.26 Å². The number of aromatic amines is 2. The quantitative estimate of drug-likeness (QED) is 0.00412. The Labute approximate surface area is 734 Å². The van der Waals surface area contributed by atoms with Gasteiger partial charge >= 0.3 is 31.8 Å². The largest absolute Gasteiger partial charge is 0.504 e. The van der Waals surface area contributed by atoms with E-state index in [9.17, 15) is 80.6 Å². The van der Waals surface area contributed by atoms with Crippen molar-refractivity contribution in [2.45, 2.75) is 52.7 Å². The van der Waals surface area contributed by atoms with E-state index in [1.54, 1.807) is 48.5 Å². The third kappa shape index (κ3) is 31.3. The minimum absolute atomic E-state index is 0. The van der Waals surface area contributed by atoms with Crippen molar-refractivity contribution in [3.05, 3.63) is 317 Å². The summed E-state index contributed by atoms with van der Waals surface area (Å²) < 4.78 is 113. The first-order valence-corrected chi connectivity index (χ1v) is 37.4. The summed E-state index contributed by atoms with van der Waals surface area (Å²) in [6, 6.07) is 70.0. The number of nitrogens with one attached hydrogen (secondary N) is 6. The number of carbonyl (C=O) groups is 6. The van der Waals surface area contributed by atoms with Gasteiger partial charge in [0.15, 0.2) is 69.1 Å². The average molecular weight is 1800 g/mol. The number of carbonyl (C=O) groups excluding carboxylic acids is 6. The maximum atomic E-state index is 12.6. The zero-order valence-corrected chi connectivity index (χ0v) is 68.3. The van der Waals surface area contributed by atoms with E-state index in [4.69, 9.17) is 35.5 Å². The summed E-state index contributed by atoms with van der Waals surface area (Å²) in [5.41, 5.74) is 5.42. The molecular formula is C88H84F6N14O22. The van der Waals surface area contributed by atoms with Crippen LogP contribution in [0.4, 0.5) is 26.3 Å². The number of nitrogens with zero attached hydrogens (tertiary/aromatic N) is 5. The van der Waals surface area contributed by atoms with Gasteiger partial charge in [-0.2, -0.15) is 41.8 Å². The van der Waals surface area contributed by atoms with E-state index in [0.29, 0.717) is 24.6 Å². The first kappa shape index (κ1) is 102. The highest BCUT2D eigenvalue weighted by Crippen LogP contribution is 2.38. The Morgan fingerprint density at radius 2 is 0.677 bits per heavy atom. The number of H-pyrrole nitrogens is 2. The van der Waals surface area contributed by atoms with E-state index < -0.39 is 61.2 Å². The van der Waals surface area contributed by atoms with Gasteiger partial charge in [0, 0.05) is 0 Å². The number of hydrazine groups is 2. The Hall–Kier alpha value is -17.2. The lowest BCUT2D eigenvalue weighted by Gasteiger charge is -2.10. The number of rotatable bonds is 28. The molecule has 0 aliphatic heterocycles. The summed E-state index contributed by atoms with van der Waals surface area (Å²) in [6.45, 7) is -8.52. The number of esters is 2. The number of halogens is 6. The van der Waals surface area contributed by atoms with E-state index in [0.717, 1.165) is 16.7 Å². The molecule has 36 nitrogen and oxygen atoms in total. The first-order chi connectivity index (χ1) is 62.2. The van der Waals surface area contributed by atoms with E-state index in [1.165, 1.54) is 136 Å². The van der Waals surface area contributed by atoms with Crippen LogP contribution in [0, 0.1) is 11.3 Å². The van der Waals surface area contributed by atoms with Gasteiger partial charge in [-0.1, -0.05) is 158 Å². The molecule has 2 aromatic heterocycles. The van der Waals surface area contributed by atoms with Crippen LogP contribution in [0.3, 0.4) is 0 Å². The number of benzene rings is 11. The molecule has 0 fully saturated rings. The zero-order chi connectivity index (χ0) is 93.7. The summed E-state index contributed by atoms with van der Waals surface area (Å²) in [7, 11) is 2.46. The number of nitrogens with two attached hydrogens (primary N) is 3. The first-order valence-electron chi connectivity index (χ1n) is 37.4. The van der Waals surface area contributed by atoms with E-state index in [2.05, 4.69) is 81.7 Å². The average Bonchev–Trinajstić information content (AvgIpc) is 1.78. The molecule has 11 aromatic carbocycles. The fourth-order valence-corrected chi connectivity index (χ4v) is 10.6. The molecule has 130 heavy (non-hydrogen) atoms. The number of amides is 4. The maximum absolute atomic E-state index is 12.6. The number of methoxy groups -OCH3 is 2. The van der Waals surface area contributed by atoms with Crippen LogP contribution >= 0.6 is 0 Å². The molecular weight excluding hydrogens is 1720 g/mol. The standard InChI is InChI=1S/C24H20F2N4O4.C17H14F2N4O4.C15H14O4.C14H14N2O3.C10H8F2N2O2.C8H8O4.H4N2.H2O/c25-24(26)34-18-11-5-4-9-16(18)23(32)27-13-20-28-22(30-29-20)17-10-6-12-19(21(17)31)33-14-15-7-2-1-3-8-15;18-17(19)27-12-7-2-1-4-9(12)16(26)20-8-13-21-15(23-22-13)10-5-3-6-11(24)14(10)25;1-18-15(17)12-8-5-9-13(14(12)16)19-10-11-6-3-2-4-7-11;15-16-14(18)11-7-4-8-12(13(11)17)19-9-10-5-2-1-3-6-10;11-10(12)16-8-4-2-1-3-7(8)9(15)14-6-5-13;1-12-8(11)5-3-2-4-6(9)7(5)10;1-2;/h1-12,24,31H,13-14H2,(H,27,32)(H,28,29,30);1-7,17,24-25H,8H2,(H,20,26)(H,21,22,23);2-9,16H,10H2,1H3;1-8,17H,9,15H2,(H,16,18);1-4,10H,6H2,(H,14,15);2-4,9-10H,1H3;1-2H2;1H2. The predicted octanol–water partition coefficient (Wildman–Crippen LogP) is 11.5. The van der Waals surface area contributed by atoms with Crippen molar-refractivity contribution >= 4 is 35.6 Å². The number of hydrogen-bond donors (Lipinski definition) is 16. The summed E-state index contributed by atoms with van der Waals surface area (Å²) in [5.74, 6) is 8.26. The maximum Gasteiger partial charge on any atom is 0.387 e. The van der Waals surface area contributed by atoms with E-state index in [1.807, 2.05) is 96.4 Å². The van der Waals surface area contributed by atoms with Crippen LogP contribution in [0.15, 0.2) is 255 Å². The number of aromatic nitrogens is 6. The lowest BCUT2D eigenvalue weighted by Crippen LogP contribution is -2.30. The normalized spacial score (nSPS) is 10.1. The second-order valence-corrected chi connectivity index (χ2v) is 25.1. The van der Waals surface area contributed by atoms with Crippen LogP contribution in [0.5, 0.6) is 74.7 Å². The topological polar surface area (TPSA) is 582 Å². The number of phenols is 7. The van der Waals surface area contributed by atoms with Crippen molar-refractivity contribution in [1.82, 2.24) is 51.7 Å². The number of para-hydroxylation sites is 8. The molecule has 4 amide bonds. The number of nitrogen functional groups attached to an aromatic ring is 1. The Kier molecular flexibility index (Phi) is 41.5. The van der Waals surface area contributed by atoms with E-state index >= 15 is 0 Å². The van der Waals surface area contributed by atoms with E-state index in [-0.39, 0.29) is 157 Å². The molecule has 0 spiro atoms. The number of nitriles is 1. The highest BCUT2D eigenvalue weighted by molar-refractivity contribution is 5.99. The van der Waals surface area contributed by atoms with Gasteiger partial charge in [0.05, 0.1) is 66.8 Å². The Morgan fingerprint density at radius 3 is 1.05 bits per heavy atom. The molecule has 680 valence electrons. The van der Waals surface area contributed by atoms with Gasteiger partial charge in [-0.25, -0.2) is 25.4 Å². The third-order valence-electron chi connectivity index (χ3n) is 16.7. The van der Waals surface area contributed by atoms with Crippen molar-refractivity contribution in [2.24, 2.45) is 17.5 Å². The zero-order valence-electron chi connectivity index (χ0n) is 68.3. The molecule has 0 aliphatic carbocycles. The summed E-state index contributed by atoms with van der Waals surface area (Å²) in [5, 5.41) is 96.9. The summed E-state index contributed by atoms with van der Waals surface area (Å²) in [6.07, 6.45) is 0. The van der Waals surface area contributed by atoms with Crippen molar-refractivity contribution in [2.75, 3.05) is 20.8 Å². The molecule has 13 rings (SSSR count). The highest BCUT2D eigenvalue weighted by atomic mass is 19.3. The van der Waals surface area contributed by atoms with Crippen LogP contribution in [-0.2, 0) is 42.4 Å². The van der Waals surface area contributed by atoms with Gasteiger partial charge in [0.1, 0.15) is 66.4 Å². The Balaban J connectivity index is 0.000000246. The molecule has 0 unspecified atom stereocenters. The number of ether oxygens (including phenoxy) is 8. The van der Waals surface area contributed by atoms with Crippen LogP contribution in [0.25, 0.3) is 22.8 Å². The molecule has 42 heteroatoms. The van der Waals surface area contributed by atoms with Gasteiger partial charge in [0.25, 0.3) is 23.6 Å². The predicted molar refractivity (Wildman–Crippen MR) is 453 cm³/mol. The van der Waals surface area contributed by atoms with Crippen LogP contribution in [0.2, 0.25) is 0 Å². The van der Waals surface area contributed by atoms with Crippen molar-refractivity contribution in [3.63, 3.8) is 0 Å². The summed E-state index contributed by atoms with van der Waals surface area (Å²) in [4.78, 5) is 78.2. The monoisotopic (exact) mass is 1800 g/mol. The Morgan fingerprint density at radius 1 is 0.377 bits per heavy atom. The van der Waals surface area contributed by atoms with Crippen LogP contribution < -0.4 is 67.3 Å². The molecule has 0 atom stereocenters. The molecule has 0 saturated heterocycles. The number of aromatic hydroxyl groups is 7. The fraction of sp³-hybridized carbons (Fsp3) is 0.125. The molecule has 21 N–H and O–H groups in total. The molecule has 2 heterocycles. The van der Waals surface area contributed by atoms with Gasteiger partial charge in [-0.3, -0.25) is 46.5 Å². The second kappa shape index (κ2) is 53.1. The minimum atomic E-state index is -3.05. The van der Waals surface area contributed by atoms with Gasteiger partial charge in [-0.05, 0) is 114 Å². The van der Waals surface area contributed by atoms with Crippen LogP contribution in [-0.4, -0.2) is 148 Å². The molecule has 0 bridgehead atoms. The fourth-order valence-electron chi connectivity index (χ4n) is 10.6. The van der Waals surface area contributed by atoms with Gasteiger partial charge in [0.2, 0.25) is 0 Å². The minimum Gasteiger partial charge on any atom is -0.504 e. The number of phenolic OH excluding ortho intramolecular Hbond substituents is 7. The molecule has 13 aromatic rings. The van der Waals surface area contributed by atoms with Crippen molar-refractivity contribution < 1.29 is 134 Å². The molecule has 0 aliphatic rings. The number of hydrogen-bond acceptors (Lipinski definition) is 29. The molecule has 0 radical (unpaired) electrons. The smallest absolute Gasteiger partial charge is 0.387 e. The van der Waals surface area contributed by atoms with Crippen LogP contribution in [0.1, 0.15) is 90.5 Å². The third-order valence-corrected chi connectivity index (χ3v) is 16.7. The SMILES string of the molecule is COC(=O)c1cccc(O)c1O.COC(=O)c1cccc(OCc2ccccc2)c1O.N#CCNC(=O)c1ccccc1OC(F)F.NN.NNC(=O)c1cccc(OCc2ccccc2)c1O.O.O=C(NCc1nc(-c2cccc(O)c2O)n[nH]1)c1ccccc1OC(F)F.O=C(NCc1nc(-c2cccc(OCc3ccccc3)c2O)n[nH]1)c1ccccc1OC(F)F. The van der Waals surface area contributed by atoms with Crippen molar-refractivity contribution in [3.8, 4) is 104 Å². The second-order valence-electron chi connectivity index (χ2n) is 25.1. The molecule has 0 saturated carbocycles. The number of alkyl halides is 6. The lowest BCUT2D eigenvalue weighted by atomic mass is 10.1. The summed E-state index contributed by atoms with van der Waals surface area (Å²) >= 11 is 0. The Bertz CT molecular complexity index is 5750. The van der Waals surface area contributed by atoms with Gasteiger partial charge in [-0.15, -0.1) is 0 Å². The lowest BCUT2D eigenvalue weighted by molar-refractivity contribution is -0.0509.